The normalized spacial score (nSPS) is 28.0. The van der Waals surface area contributed by atoms with Gasteiger partial charge in [-0.05, 0) is 43.6 Å². The van der Waals surface area contributed by atoms with Crippen LogP contribution >= 0.6 is 0 Å². The van der Waals surface area contributed by atoms with Gasteiger partial charge in [0.1, 0.15) is 9.84 Å². The summed E-state index contributed by atoms with van der Waals surface area (Å²) < 4.78 is 23.2. The van der Waals surface area contributed by atoms with E-state index in [9.17, 15) is 8.42 Å². The van der Waals surface area contributed by atoms with Gasteiger partial charge in [-0.1, -0.05) is 20.3 Å². The number of sulfone groups is 1. The Labute approximate surface area is 99.7 Å². The first-order chi connectivity index (χ1) is 7.27. The Bertz CT molecular complexity index is 322. The molecule has 3 nitrogen and oxygen atoms in total. The number of nitrogens with two attached hydrogens (primary N) is 1. The molecule has 0 bridgehead atoms. The quantitative estimate of drug-likeness (QED) is 0.826. The van der Waals surface area contributed by atoms with Crippen LogP contribution in [0.5, 0.6) is 0 Å². The fourth-order valence-electron chi connectivity index (χ4n) is 2.82. The van der Waals surface area contributed by atoms with Crippen LogP contribution in [-0.2, 0) is 9.84 Å². The third kappa shape index (κ3) is 3.45. The molecule has 2 unspecified atom stereocenters. The lowest BCUT2D eigenvalue weighted by Gasteiger charge is -2.39. The van der Waals surface area contributed by atoms with Gasteiger partial charge in [-0.3, -0.25) is 0 Å². The SMILES string of the molecule is CC(C)(CCN)C1CCCC(S(C)(=O)=O)C1. The third-order valence-electron chi connectivity index (χ3n) is 4.13. The smallest absolute Gasteiger partial charge is 0.150 e. The molecule has 2 atom stereocenters. The fourth-order valence-corrected chi connectivity index (χ4v) is 4.00. The van der Waals surface area contributed by atoms with Crippen LogP contribution in [0.25, 0.3) is 0 Å². The van der Waals surface area contributed by atoms with Crippen LogP contribution < -0.4 is 5.73 Å². The summed E-state index contributed by atoms with van der Waals surface area (Å²) in [5.74, 6) is 0.504. The third-order valence-corrected chi connectivity index (χ3v) is 5.76. The van der Waals surface area contributed by atoms with Gasteiger partial charge in [0.05, 0.1) is 5.25 Å². The molecule has 1 rings (SSSR count). The average molecular weight is 247 g/mol. The van der Waals surface area contributed by atoms with Crippen molar-refractivity contribution in [3.8, 4) is 0 Å². The lowest BCUT2D eigenvalue weighted by atomic mass is 9.69. The van der Waals surface area contributed by atoms with Crippen molar-refractivity contribution in [3.05, 3.63) is 0 Å². The molecular formula is C12H25NO2S. The highest BCUT2D eigenvalue weighted by atomic mass is 32.2. The second-order valence-electron chi connectivity index (χ2n) is 5.84. The van der Waals surface area contributed by atoms with Crippen LogP contribution in [0.1, 0.15) is 46.0 Å². The minimum absolute atomic E-state index is 0.122. The van der Waals surface area contributed by atoms with E-state index in [4.69, 9.17) is 5.73 Å². The van der Waals surface area contributed by atoms with Gasteiger partial charge in [-0.2, -0.15) is 0 Å². The first kappa shape index (κ1) is 14.0. The first-order valence-corrected chi connectivity index (χ1v) is 8.12. The number of hydrogen-bond acceptors (Lipinski definition) is 3. The molecule has 1 fully saturated rings. The van der Waals surface area contributed by atoms with Gasteiger partial charge in [-0.25, -0.2) is 8.42 Å². The van der Waals surface area contributed by atoms with Gasteiger partial charge in [0.2, 0.25) is 0 Å². The summed E-state index contributed by atoms with van der Waals surface area (Å²) in [4.78, 5) is 0. The van der Waals surface area contributed by atoms with Crippen molar-refractivity contribution in [2.75, 3.05) is 12.8 Å². The zero-order chi connectivity index (χ0) is 12.4. The van der Waals surface area contributed by atoms with E-state index >= 15 is 0 Å². The Kier molecular flexibility index (Phi) is 4.41. The van der Waals surface area contributed by atoms with E-state index in [1.807, 2.05) is 0 Å². The topological polar surface area (TPSA) is 60.2 Å². The fraction of sp³-hybridized carbons (Fsp3) is 1.00. The predicted molar refractivity (Wildman–Crippen MR) is 68.0 cm³/mol. The lowest BCUT2D eigenvalue weighted by molar-refractivity contribution is 0.150. The molecule has 0 saturated heterocycles. The standard InChI is InChI=1S/C12H25NO2S/c1-12(2,7-8-13)10-5-4-6-11(9-10)16(3,14)15/h10-11H,4-9,13H2,1-3H3. The summed E-state index contributed by atoms with van der Waals surface area (Å²) in [6.07, 6.45) is 6.21. The molecule has 4 heteroatoms. The molecule has 0 aromatic rings. The predicted octanol–water partition coefficient (Wildman–Crippen LogP) is 1.96. The van der Waals surface area contributed by atoms with E-state index in [0.717, 1.165) is 32.1 Å². The highest BCUT2D eigenvalue weighted by Crippen LogP contribution is 2.41. The molecule has 0 aliphatic heterocycles. The Balaban J connectivity index is 2.71. The molecular weight excluding hydrogens is 222 g/mol. The zero-order valence-electron chi connectivity index (χ0n) is 10.7. The molecule has 1 aliphatic carbocycles. The highest BCUT2D eigenvalue weighted by molar-refractivity contribution is 7.91. The number of rotatable bonds is 4. The second kappa shape index (κ2) is 5.05. The van der Waals surface area contributed by atoms with Crippen molar-refractivity contribution in [2.45, 2.75) is 51.2 Å². The Morgan fingerprint density at radius 3 is 2.44 bits per heavy atom. The summed E-state index contributed by atoms with van der Waals surface area (Å²) in [5, 5.41) is -0.122. The summed E-state index contributed by atoms with van der Waals surface area (Å²) in [7, 11) is -2.87. The van der Waals surface area contributed by atoms with Crippen molar-refractivity contribution in [2.24, 2.45) is 17.1 Å². The molecule has 96 valence electrons. The molecule has 2 N–H and O–H groups in total. The maximum Gasteiger partial charge on any atom is 0.150 e. The minimum Gasteiger partial charge on any atom is -0.330 e. The van der Waals surface area contributed by atoms with Gasteiger partial charge in [0.25, 0.3) is 0 Å². The largest absolute Gasteiger partial charge is 0.330 e. The monoisotopic (exact) mass is 247 g/mol. The Hall–Kier alpha value is -0.0900. The van der Waals surface area contributed by atoms with Crippen LogP contribution in [-0.4, -0.2) is 26.5 Å². The van der Waals surface area contributed by atoms with Crippen molar-refractivity contribution < 1.29 is 8.42 Å². The van der Waals surface area contributed by atoms with E-state index in [0.29, 0.717) is 12.5 Å². The molecule has 1 saturated carbocycles. The van der Waals surface area contributed by atoms with Crippen molar-refractivity contribution >= 4 is 9.84 Å². The van der Waals surface area contributed by atoms with E-state index < -0.39 is 9.84 Å². The molecule has 0 spiro atoms. The van der Waals surface area contributed by atoms with Gasteiger partial charge in [0, 0.05) is 6.26 Å². The van der Waals surface area contributed by atoms with E-state index in [-0.39, 0.29) is 10.7 Å². The Morgan fingerprint density at radius 2 is 1.94 bits per heavy atom. The van der Waals surface area contributed by atoms with Gasteiger partial charge < -0.3 is 5.73 Å². The van der Waals surface area contributed by atoms with Crippen LogP contribution in [0.2, 0.25) is 0 Å². The van der Waals surface area contributed by atoms with Crippen LogP contribution in [0, 0.1) is 11.3 Å². The molecule has 0 radical (unpaired) electrons. The maximum atomic E-state index is 11.6. The molecule has 0 heterocycles. The molecule has 0 amide bonds. The second-order valence-corrected chi connectivity index (χ2v) is 8.17. The average Bonchev–Trinajstić information content (AvgIpc) is 2.16. The van der Waals surface area contributed by atoms with E-state index in [1.165, 1.54) is 6.26 Å². The lowest BCUT2D eigenvalue weighted by Crippen LogP contribution is -2.35. The summed E-state index contributed by atoms with van der Waals surface area (Å²) in [5.41, 5.74) is 5.80. The Morgan fingerprint density at radius 1 is 1.31 bits per heavy atom. The van der Waals surface area contributed by atoms with Crippen LogP contribution in [0.15, 0.2) is 0 Å². The van der Waals surface area contributed by atoms with Gasteiger partial charge >= 0.3 is 0 Å². The van der Waals surface area contributed by atoms with Crippen LogP contribution in [0.3, 0.4) is 0 Å². The molecule has 0 aromatic heterocycles. The highest BCUT2D eigenvalue weighted by Gasteiger charge is 2.36. The van der Waals surface area contributed by atoms with Gasteiger partial charge in [0.15, 0.2) is 0 Å². The van der Waals surface area contributed by atoms with E-state index in [2.05, 4.69) is 13.8 Å². The summed E-state index contributed by atoms with van der Waals surface area (Å²) >= 11 is 0. The van der Waals surface area contributed by atoms with Crippen molar-refractivity contribution in [1.82, 2.24) is 0 Å². The van der Waals surface area contributed by atoms with Crippen molar-refractivity contribution in [3.63, 3.8) is 0 Å². The molecule has 1 aliphatic rings. The molecule has 0 aromatic carbocycles. The first-order valence-electron chi connectivity index (χ1n) is 6.16. The minimum atomic E-state index is -2.87. The van der Waals surface area contributed by atoms with Crippen molar-refractivity contribution in [1.29, 1.82) is 0 Å². The maximum absolute atomic E-state index is 11.6. The molecule has 16 heavy (non-hydrogen) atoms. The van der Waals surface area contributed by atoms with Gasteiger partial charge in [-0.15, -0.1) is 0 Å². The summed E-state index contributed by atoms with van der Waals surface area (Å²) in [6.45, 7) is 5.12. The van der Waals surface area contributed by atoms with E-state index in [1.54, 1.807) is 0 Å². The zero-order valence-corrected chi connectivity index (χ0v) is 11.5. The number of hydrogen-bond donors (Lipinski definition) is 1. The van der Waals surface area contributed by atoms with Crippen LogP contribution in [0.4, 0.5) is 0 Å². The summed E-state index contributed by atoms with van der Waals surface area (Å²) in [6, 6.07) is 0.